The monoisotopic (exact) mass is 345 g/mol. The molecule has 0 radical (unpaired) electrons. The van der Waals surface area contributed by atoms with Gasteiger partial charge in [-0.15, -0.1) is 0 Å². The lowest BCUT2D eigenvalue weighted by Crippen LogP contribution is -2.51. The summed E-state index contributed by atoms with van der Waals surface area (Å²) < 4.78 is 5.29. The van der Waals surface area contributed by atoms with Crippen molar-refractivity contribution in [1.82, 2.24) is 15.8 Å². The van der Waals surface area contributed by atoms with Crippen LogP contribution in [0.5, 0.6) is 5.75 Å². The van der Waals surface area contributed by atoms with Crippen LogP contribution < -0.4 is 15.5 Å². The molecule has 0 atom stereocenters. The Bertz CT molecular complexity index is 712. The van der Waals surface area contributed by atoms with Gasteiger partial charge in [-0.1, -0.05) is 31.4 Å². The Hall–Kier alpha value is -2.90. The molecule has 3 rings (SSSR count). The molecule has 1 heterocycles. The fourth-order valence-corrected chi connectivity index (χ4v) is 3.23. The summed E-state index contributed by atoms with van der Waals surface area (Å²) in [6, 6.07) is 5.83. The number of rotatable bonds is 5. The molecule has 25 heavy (non-hydrogen) atoms. The molecule has 0 bridgehead atoms. The summed E-state index contributed by atoms with van der Waals surface area (Å²) in [4.78, 5) is 47.6. The van der Waals surface area contributed by atoms with Crippen molar-refractivity contribution in [2.24, 2.45) is 0 Å². The largest absolute Gasteiger partial charge is 0.483 e. The van der Waals surface area contributed by atoms with Crippen LogP contribution in [0.4, 0.5) is 4.79 Å². The Morgan fingerprint density at radius 3 is 2.68 bits per heavy atom. The van der Waals surface area contributed by atoms with E-state index in [2.05, 4.69) is 10.7 Å². The summed E-state index contributed by atoms with van der Waals surface area (Å²) in [7, 11) is 0. The Balaban J connectivity index is 1.60. The van der Waals surface area contributed by atoms with Crippen molar-refractivity contribution in [1.29, 1.82) is 0 Å². The summed E-state index contributed by atoms with van der Waals surface area (Å²) in [5.74, 6) is -0.829. The van der Waals surface area contributed by atoms with E-state index in [4.69, 9.17) is 4.74 Å². The Morgan fingerprint density at radius 2 is 1.96 bits per heavy atom. The van der Waals surface area contributed by atoms with Gasteiger partial charge >= 0.3 is 6.03 Å². The predicted octanol–water partition coefficient (Wildman–Crippen LogP) is 1.16. The lowest BCUT2D eigenvalue weighted by atomic mass is 9.82. The van der Waals surface area contributed by atoms with Crippen LogP contribution in [-0.2, 0) is 9.59 Å². The van der Waals surface area contributed by atoms with Gasteiger partial charge in [0.1, 0.15) is 11.3 Å². The third-order valence-corrected chi connectivity index (χ3v) is 4.51. The predicted molar refractivity (Wildman–Crippen MR) is 86.7 cm³/mol. The summed E-state index contributed by atoms with van der Waals surface area (Å²) in [5, 5.41) is 3.43. The molecule has 2 aliphatic rings. The fraction of sp³-hybridized carbons (Fsp3) is 0.412. The van der Waals surface area contributed by atoms with Crippen LogP contribution in [0.3, 0.4) is 0 Å². The van der Waals surface area contributed by atoms with Gasteiger partial charge in [0.2, 0.25) is 0 Å². The highest BCUT2D eigenvalue weighted by Gasteiger charge is 2.52. The standard InChI is InChI=1S/C17H19N3O5/c21-10-12-6-2-3-7-13(12)25-11-14(22)19-20-15(23)17(18-16(20)24)8-4-1-5-9-17/h2-3,6-7,10H,1,4-5,8-9,11H2,(H,18,24)(H,19,22). The number of urea groups is 1. The number of hydrazine groups is 1. The van der Waals surface area contributed by atoms with Crippen molar-refractivity contribution in [3.05, 3.63) is 29.8 Å². The number of carbonyl (C=O) groups excluding carboxylic acids is 4. The van der Waals surface area contributed by atoms with Gasteiger partial charge in [-0.25, -0.2) is 4.79 Å². The lowest BCUT2D eigenvalue weighted by Gasteiger charge is -2.30. The van der Waals surface area contributed by atoms with E-state index in [9.17, 15) is 19.2 Å². The van der Waals surface area contributed by atoms with Gasteiger partial charge in [0.05, 0.1) is 5.56 Å². The topological polar surface area (TPSA) is 105 Å². The van der Waals surface area contributed by atoms with E-state index in [1.165, 1.54) is 0 Å². The molecule has 1 spiro atoms. The number of carbonyl (C=O) groups is 4. The molecule has 132 valence electrons. The van der Waals surface area contributed by atoms with E-state index in [0.717, 1.165) is 24.3 Å². The van der Waals surface area contributed by atoms with Crippen LogP contribution in [0.25, 0.3) is 0 Å². The molecule has 1 aromatic rings. The summed E-state index contributed by atoms with van der Waals surface area (Å²) >= 11 is 0. The zero-order valence-corrected chi connectivity index (χ0v) is 13.6. The van der Waals surface area contributed by atoms with Crippen LogP contribution in [0, 0.1) is 0 Å². The summed E-state index contributed by atoms with van der Waals surface area (Å²) in [6.45, 7) is -0.422. The molecule has 1 saturated carbocycles. The molecule has 8 heteroatoms. The van der Waals surface area contributed by atoms with Crippen LogP contribution in [0.1, 0.15) is 42.5 Å². The van der Waals surface area contributed by atoms with Crippen LogP contribution in [0.2, 0.25) is 0 Å². The van der Waals surface area contributed by atoms with Gasteiger partial charge in [-0.2, -0.15) is 5.01 Å². The number of imide groups is 1. The minimum absolute atomic E-state index is 0.258. The molecule has 1 aliphatic carbocycles. The number of benzene rings is 1. The van der Waals surface area contributed by atoms with Gasteiger partial charge in [0, 0.05) is 0 Å². The lowest BCUT2D eigenvalue weighted by molar-refractivity contribution is -0.140. The zero-order valence-electron chi connectivity index (χ0n) is 13.6. The van der Waals surface area contributed by atoms with E-state index in [-0.39, 0.29) is 5.75 Å². The van der Waals surface area contributed by atoms with Crippen molar-refractivity contribution in [2.45, 2.75) is 37.6 Å². The second-order valence-corrected chi connectivity index (χ2v) is 6.19. The Kier molecular flexibility index (Phi) is 4.69. The number of aldehydes is 1. The van der Waals surface area contributed by atoms with E-state index < -0.39 is 30.0 Å². The van der Waals surface area contributed by atoms with Gasteiger partial charge in [-0.3, -0.25) is 19.8 Å². The molecule has 0 unspecified atom stereocenters. The van der Waals surface area contributed by atoms with Crippen molar-refractivity contribution >= 4 is 24.1 Å². The smallest absolute Gasteiger partial charge is 0.344 e. The van der Waals surface area contributed by atoms with Crippen molar-refractivity contribution in [3.63, 3.8) is 0 Å². The van der Waals surface area contributed by atoms with Crippen LogP contribution >= 0.6 is 0 Å². The second kappa shape index (κ2) is 6.92. The first-order valence-corrected chi connectivity index (χ1v) is 8.19. The highest BCUT2D eigenvalue weighted by Crippen LogP contribution is 2.32. The minimum Gasteiger partial charge on any atom is -0.483 e. The first kappa shape index (κ1) is 16.9. The third-order valence-electron chi connectivity index (χ3n) is 4.51. The van der Waals surface area contributed by atoms with Crippen molar-refractivity contribution in [2.75, 3.05) is 6.61 Å². The van der Waals surface area contributed by atoms with Crippen LogP contribution in [0.15, 0.2) is 24.3 Å². The first-order chi connectivity index (χ1) is 12.1. The quantitative estimate of drug-likeness (QED) is 0.615. The molecule has 2 N–H and O–H groups in total. The minimum atomic E-state index is -0.895. The number of para-hydroxylation sites is 1. The van der Waals surface area contributed by atoms with Crippen LogP contribution in [-0.4, -0.2) is 41.3 Å². The fourth-order valence-electron chi connectivity index (χ4n) is 3.23. The SMILES string of the molecule is O=Cc1ccccc1OCC(=O)NN1C(=O)NC2(CCCCC2)C1=O. The number of hydrogen-bond acceptors (Lipinski definition) is 5. The highest BCUT2D eigenvalue weighted by molar-refractivity contribution is 6.08. The van der Waals surface area contributed by atoms with Crippen molar-refractivity contribution < 1.29 is 23.9 Å². The summed E-state index contributed by atoms with van der Waals surface area (Å²) in [5.41, 5.74) is 1.69. The number of hydrogen-bond donors (Lipinski definition) is 2. The average Bonchev–Trinajstić information content (AvgIpc) is 2.85. The maximum absolute atomic E-state index is 12.5. The molecule has 1 saturated heterocycles. The number of amides is 4. The normalized spacial score (nSPS) is 18.8. The molecular formula is C17H19N3O5. The third kappa shape index (κ3) is 3.33. The Labute approximate surface area is 144 Å². The molecule has 1 aromatic carbocycles. The maximum Gasteiger partial charge on any atom is 0.344 e. The number of nitrogens with zero attached hydrogens (tertiary/aromatic N) is 1. The molecule has 4 amide bonds. The van der Waals surface area contributed by atoms with E-state index >= 15 is 0 Å². The molecule has 1 aliphatic heterocycles. The molecular weight excluding hydrogens is 326 g/mol. The molecule has 2 fully saturated rings. The first-order valence-electron chi connectivity index (χ1n) is 8.19. The van der Waals surface area contributed by atoms with Gasteiger partial charge in [0.15, 0.2) is 12.9 Å². The summed E-state index contributed by atoms with van der Waals surface area (Å²) in [6.07, 6.45) is 4.53. The maximum atomic E-state index is 12.5. The van der Waals surface area contributed by atoms with E-state index in [0.29, 0.717) is 24.7 Å². The zero-order chi connectivity index (χ0) is 17.9. The molecule has 0 aromatic heterocycles. The number of nitrogens with one attached hydrogen (secondary N) is 2. The van der Waals surface area contributed by atoms with Crippen molar-refractivity contribution in [3.8, 4) is 5.75 Å². The van der Waals surface area contributed by atoms with Gasteiger partial charge in [-0.05, 0) is 25.0 Å². The number of ether oxygens (including phenoxy) is 1. The second-order valence-electron chi connectivity index (χ2n) is 6.19. The highest BCUT2D eigenvalue weighted by atomic mass is 16.5. The van der Waals surface area contributed by atoms with Gasteiger partial charge in [0.25, 0.3) is 11.8 Å². The average molecular weight is 345 g/mol. The van der Waals surface area contributed by atoms with E-state index in [1.54, 1.807) is 24.3 Å². The van der Waals surface area contributed by atoms with Gasteiger partial charge < -0.3 is 10.1 Å². The van der Waals surface area contributed by atoms with E-state index in [1.807, 2.05) is 0 Å². The Morgan fingerprint density at radius 1 is 1.24 bits per heavy atom. The molecule has 8 nitrogen and oxygen atoms in total.